The van der Waals surface area contributed by atoms with E-state index >= 15 is 0 Å². The molecule has 0 bridgehead atoms. The number of ether oxygens (including phenoxy) is 2. The average molecular weight is 321 g/mol. The van der Waals surface area contributed by atoms with E-state index in [9.17, 15) is 8.78 Å². The molecule has 2 aromatic carbocycles. The van der Waals surface area contributed by atoms with E-state index in [1.54, 1.807) is 7.11 Å². The van der Waals surface area contributed by atoms with Crippen LogP contribution in [0.5, 0.6) is 11.5 Å². The Morgan fingerprint density at radius 2 is 1.87 bits per heavy atom. The lowest BCUT2D eigenvalue weighted by Crippen LogP contribution is -2.16. The Morgan fingerprint density at radius 3 is 2.48 bits per heavy atom. The summed E-state index contributed by atoms with van der Waals surface area (Å²) < 4.78 is 37.8. The van der Waals surface area contributed by atoms with Gasteiger partial charge in [0.2, 0.25) is 0 Å². The van der Waals surface area contributed by atoms with Crippen LogP contribution in [0.25, 0.3) is 0 Å². The molecule has 0 saturated heterocycles. The predicted molar refractivity (Wildman–Crippen MR) is 86.0 cm³/mol. The highest BCUT2D eigenvalue weighted by molar-refractivity contribution is 5.43. The molecule has 3 nitrogen and oxygen atoms in total. The zero-order valence-electron chi connectivity index (χ0n) is 13.3. The molecule has 0 aliphatic carbocycles. The summed E-state index contributed by atoms with van der Waals surface area (Å²) in [5.74, 6) is -0.113. The number of halogens is 2. The van der Waals surface area contributed by atoms with Crippen molar-refractivity contribution in [3.63, 3.8) is 0 Å². The first-order valence-corrected chi connectivity index (χ1v) is 7.53. The molecule has 0 aliphatic heterocycles. The molecular weight excluding hydrogens is 300 g/mol. The van der Waals surface area contributed by atoms with E-state index in [0.717, 1.165) is 11.6 Å². The molecule has 0 radical (unpaired) electrons. The van der Waals surface area contributed by atoms with Crippen LogP contribution in [0, 0.1) is 11.6 Å². The van der Waals surface area contributed by atoms with Crippen LogP contribution >= 0.6 is 0 Å². The highest BCUT2D eigenvalue weighted by atomic mass is 19.1. The predicted octanol–water partition coefficient (Wildman–Crippen LogP) is 3.66. The van der Waals surface area contributed by atoms with Gasteiger partial charge in [-0.25, -0.2) is 8.78 Å². The normalized spacial score (nSPS) is 12.0. The summed E-state index contributed by atoms with van der Waals surface area (Å²) in [4.78, 5) is 0. The number of benzene rings is 2. The Labute approximate surface area is 135 Å². The van der Waals surface area contributed by atoms with Crippen molar-refractivity contribution >= 4 is 0 Å². The highest BCUT2D eigenvalue weighted by Crippen LogP contribution is 2.31. The van der Waals surface area contributed by atoms with E-state index in [4.69, 9.17) is 15.2 Å². The molecule has 2 rings (SSSR count). The Bertz CT molecular complexity index is 661. The van der Waals surface area contributed by atoms with Gasteiger partial charge in [-0.2, -0.15) is 0 Å². The van der Waals surface area contributed by atoms with Crippen molar-refractivity contribution in [2.45, 2.75) is 19.3 Å². The minimum atomic E-state index is -0.592. The van der Waals surface area contributed by atoms with Crippen molar-refractivity contribution in [2.24, 2.45) is 5.73 Å². The maximum Gasteiger partial charge on any atom is 0.161 e. The Kier molecular flexibility index (Phi) is 5.93. The first-order valence-electron chi connectivity index (χ1n) is 7.53. The monoisotopic (exact) mass is 321 g/mol. The standard InChI is InChI=1S/C18H21F2NO2/c1-3-23-18-9-12(4-7-17(18)22-2)8-13(11-21)15-6-5-14(19)10-16(15)20/h4-7,9-10,13H,3,8,11,21H2,1-2H3. The lowest BCUT2D eigenvalue weighted by Gasteiger charge is -2.17. The van der Waals surface area contributed by atoms with E-state index in [2.05, 4.69) is 0 Å². The Hall–Kier alpha value is -2.14. The molecule has 23 heavy (non-hydrogen) atoms. The van der Waals surface area contributed by atoms with Crippen LogP contribution in [0.1, 0.15) is 24.0 Å². The molecule has 124 valence electrons. The second kappa shape index (κ2) is 7.92. The molecule has 1 atom stereocenters. The van der Waals surface area contributed by atoms with Crippen LogP contribution < -0.4 is 15.2 Å². The van der Waals surface area contributed by atoms with Gasteiger partial charge in [0.05, 0.1) is 13.7 Å². The molecule has 0 heterocycles. The van der Waals surface area contributed by atoms with Crippen LogP contribution in [-0.4, -0.2) is 20.3 Å². The van der Waals surface area contributed by atoms with E-state index in [0.29, 0.717) is 30.1 Å². The van der Waals surface area contributed by atoms with Gasteiger partial charge >= 0.3 is 0 Å². The van der Waals surface area contributed by atoms with Crippen molar-refractivity contribution in [2.75, 3.05) is 20.3 Å². The summed E-state index contributed by atoms with van der Waals surface area (Å²) in [6.45, 7) is 2.67. The van der Waals surface area contributed by atoms with Crippen LogP contribution in [0.4, 0.5) is 8.78 Å². The van der Waals surface area contributed by atoms with Crippen molar-refractivity contribution in [1.29, 1.82) is 0 Å². The third kappa shape index (κ3) is 4.20. The van der Waals surface area contributed by atoms with Gasteiger partial charge in [0.15, 0.2) is 11.5 Å². The molecular formula is C18H21F2NO2. The van der Waals surface area contributed by atoms with E-state index < -0.39 is 11.6 Å². The van der Waals surface area contributed by atoms with Gasteiger partial charge in [-0.1, -0.05) is 12.1 Å². The molecule has 0 fully saturated rings. The minimum absolute atomic E-state index is 0.238. The first kappa shape index (κ1) is 17.2. The fraction of sp³-hybridized carbons (Fsp3) is 0.333. The molecule has 0 aromatic heterocycles. The van der Waals surface area contributed by atoms with Crippen LogP contribution in [0.3, 0.4) is 0 Å². The maximum absolute atomic E-state index is 14.0. The summed E-state index contributed by atoms with van der Waals surface area (Å²) in [5, 5.41) is 0. The second-order valence-electron chi connectivity index (χ2n) is 5.22. The van der Waals surface area contributed by atoms with E-state index in [1.165, 1.54) is 12.1 Å². The summed E-state index contributed by atoms with van der Waals surface area (Å²) in [6.07, 6.45) is 0.531. The molecule has 2 aromatic rings. The topological polar surface area (TPSA) is 44.5 Å². The molecule has 1 unspecified atom stereocenters. The molecule has 5 heteroatoms. The molecule has 0 aliphatic rings. The van der Waals surface area contributed by atoms with Crippen molar-refractivity contribution in [3.05, 3.63) is 59.2 Å². The van der Waals surface area contributed by atoms with Crippen molar-refractivity contribution < 1.29 is 18.3 Å². The van der Waals surface area contributed by atoms with Crippen LogP contribution in [0.2, 0.25) is 0 Å². The largest absolute Gasteiger partial charge is 0.493 e. The number of rotatable bonds is 7. The summed E-state index contributed by atoms with van der Waals surface area (Å²) >= 11 is 0. The van der Waals surface area contributed by atoms with Crippen molar-refractivity contribution in [3.8, 4) is 11.5 Å². The minimum Gasteiger partial charge on any atom is -0.493 e. The smallest absolute Gasteiger partial charge is 0.161 e. The van der Waals surface area contributed by atoms with E-state index in [1.807, 2.05) is 25.1 Å². The van der Waals surface area contributed by atoms with Gasteiger partial charge < -0.3 is 15.2 Å². The zero-order valence-corrected chi connectivity index (χ0v) is 13.3. The lowest BCUT2D eigenvalue weighted by atomic mass is 9.91. The lowest BCUT2D eigenvalue weighted by molar-refractivity contribution is 0.310. The molecule has 0 saturated carbocycles. The summed E-state index contributed by atoms with van der Waals surface area (Å²) in [5.41, 5.74) is 7.17. The quantitative estimate of drug-likeness (QED) is 0.846. The van der Waals surface area contributed by atoms with Gasteiger partial charge in [-0.3, -0.25) is 0 Å². The molecule has 2 N–H and O–H groups in total. The Balaban J connectivity index is 2.26. The fourth-order valence-corrected chi connectivity index (χ4v) is 2.55. The number of hydrogen-bond donors (Lipinski definition) is 1. The van der Waals surface area contributed by atoms with Gasteiger partial charge in [0, 0.05) is 12.0 Å². The number of nitrogens with two attached hydrogens (primary N) is 1. The first-order chi connectivity index (χ1) is 11.1. The third-order valence-electron chi connectivity index (χ3n) is 3.70. The van der Waals surface area contributed by atoms with Gasteiger partial charge in [0.25, 0.3) is 0 Å². The third-order valence-corrected chi connectivity index (χ3v) is 3.70. The van der Waals surface area contributed by atoms with Crippen LogP contribution in [0.15, 0.2) is 36.4 Å². The maximum atomic E-state index is 14.0. The number of methoxy groups -OCH3 is 1. The molecule has 0 spiro atoms. The van der Waals surface area contributed by atoms with Gasteiger partial charge in [0.1, 0.15) is 11.6 Å². The molecule has 0 amide bonds. The summed E-state index contributed by atoms with van der Waals surface area (Å²) in [6, 6.07) is 9.17. The Morgan fingerprint density at radius 1 is 1.09 bits per heavy atom. The average Bonchev–Trinajstić information content (AvgIpc) is 2.54. The van der Waals surface area contributed by atoms with E-state index in [-0.39, 0.29) is 12.5 Å². The second-order valence-corrected chi connectivity index (χ2v) is 5.22. The zero-order chi connectivity index (χ0) is 16.8. The van der Waals surface area contributed by atoms with Crippen molar-refractivity contribution in [1.82, 2.24) is 0 Å². The highest BCUT2D eigenvalue weighted by Gasteiger charge is 2.17. The van der Waals surface area contributed by atoms with Gasteiger partial charge in [-0.05, 0) is 49.2 Å². The van der Waals surface area contributed by atoms with Crippen LogP contribution in [-0.2, 0) is 6.42 Å². The number of hydrogen-bond acceptors (Lipinski definition) is 3. The SMILES string of the molecule is CCOc1cc(CC(CN)c2ccc(F)cc2F)ccc1OC. The summed E-state index contributed by atoms with van der Waals surface area (Å²) in [7, 11) is 1.58. The fourth-order valence-electron chi connectivity index (χ4n) is 2.55. The van der Waals surface area contributed by atoms with Gasteiger partial charge in [-0.15, -0.1) is 0 Å².